The van der Waals surface area contributed by atoms with Gasteiger partial charge in [0.2, 0.25) is 5.91 Å². The monoisotopic (exact) mass is 340 g/mol. The average molecular weight is 341 g/mol. The van der Waals surface area contributed by atoms with Crippen molar-refractivity contribution >= 4 is 33.2 Å². The van der Waals surface area contributed by atoms with Crippen molar-refractivity contribution in [3.63, 3.8) is 0 Å². The summed E-state index contributed by atoms with van der Waals surface area (Å²) in [5, 5.41) is 5.27. The molecule has 0 fully saturated rings. The Bertz CT molecular complexity index is 620. The molecule has 20 heavy (non-hydrogen) atoms. The Kier molecular flexibility index (Phi) is 4.68. The van der Waals surface area contributed by atoms with Crippen LogP contribution >= 0.6 is 15.9 Å². The third kappa shape index (κ3) is 3.77. The van der Waals surface area contributed by atoms with E-state index >= 15 is 0 Å². The number of benzene rings is 2. The van der Waals surface area contributed by atoms with E-state index in [9.17, 15) is 13.6 Å². The second kappa shape index (κ2) is 6.47. The third-order valence-electron chi connectivity index (χ3n) is 2.51. The molecular formula is C14H11BrF2N2O. The molecule has 2 aromatic rings. The predicted molar refractivity (Wildman–Crippen MR) is 77.6 cm³/mol. The van der Waals surface area contributed by atoms with Crippen LogP contribution in [0.25, 0.3) is 0 Å². The summed E-state index contributed by atoms with van der Waals surface area (Å²) in [5.41, 5.74) is 0.710. The topological polar surface area (TPSA) is 41.1 Å². The summed E-state index contributed by atoms with van der Waals surface area (Å²) in [6.07, 6.45) is 0. The van der Waals surface area contributed by atoms with E-state index in [1.165, 1.54) is 6.07 Å². The average Bonchev–Trinajstić information content (AvgIpc) is 2.44. The Labute approximate surface area is 123 Å². The minimum atomic E-state index is -0.821. The van der Waals surface area contributed by atoms with Crippen LogP contribution in [0.15, 0.2) is 46.9 Å². The molecule has 0 atom stereocenters. The summed E-state index contributed by atoms with van der Waals surface area (Å²) in [5.74, 6) is -1.96. The number of para-hydroxylation sites is 1. The van der Waals surface area contributed by atoms with Crippen molar-refractivity contribution in [2.75, 3.05) is 17.2 Å². The van der Waals surface area contributed by atoms with E-state index in [1.807, 2.05) is 30.3 Å². The van der Waals surface area contributed by atoms with Gasteiger partial charge in [-0.05, 0) is 34.1 Å². The fraction of sp³-hybridized carbons (Fsp3) is 0.0714. The molecule has 0 radical (unpaired) electrons. The highest BCUT2D eigenvalue weighted by molar-refractivity contribution is 9.10. The lowest BCUT2D eigenvalue weighted by Gasteiger charge is -2.09. The Morgan fingerprint density at radius 2 is 1.80 bits per heavy atom. The van der Waals surface area contributed by atoms with E-state index < -0.39 is 17.5 Å². The van der Waals surface area contributed by atoms with Crippen LogP contribution in [-0.2, 0) is 4.79 Å². The van der Waals surface area contributed by atoms with Gasteiger partial charge in [0, 0.05) is 11.8 Å². The van der Waals surface area contributed by atoms with Crippen LogP contribution in [0.5, 0.6) is 0 Å². The molecule has 2 N–H and O–H groups in total. The number of nitrogens with one attached hydrogen (secondary N) is 2. The zero-order valence-corrected chi connectivity index (χ0v) is 11.9. The lowest BCUT2D eigenvalue weighted by atomic mass is 10.3. The first kappa shape index (κ1) is 14.5. The van der Waals surface area contributed by atoms with Crippen LogP contribution in [0.3, 0.4) is 0 Å². The minimum absolute atomic E-state index is 0.0154. The van der Waals surface area contributed by atoms with E-state index in [-0.39, 0.29) is 16.7 Å². The summed E-state index contributed by atoms with van der Waals surface area (Å²) < 4.78 is 26.6. The fourth-order valence-corrected chi connectivity index (χ4v) is 1.89. The molecule has 0 unspecified atom stereocenters. The molecule has 2 aromatic carbocycles. The molecule has 0 aromatic heterocycles. The quantitative estimate of drug-likeness (QED) is 0.831. The predicted octanol–water partition coefficient (Wildman–Crippen LogP) is 3.78. The summed E-state index contributed by atoms with van der Waals surface area (Å²) in [6, 6.07) is 11.0. The lowest BCUT2D eigenvalue weighted by molar-refractivity contribution is -0.114. The highest BCUT2D eigenvalue weighted by Gasteiger charge is 2.10. The third-order valence-corrected chi connectivity index (χ3v) is 3.12. The zero-order valence-electron chi connectivity index (χ0n) is 10.3. The van der Waals surface area contributed by atoms with Crippen LogP contribution in [0, 0.1) is 11.6 Å². The largest absolute Gasteiger partial charge is 0.376 e. The molecule has 0 aliphatic heterocycles. The molecule has 6 heteroatoms. The van der Waals surface area contributed by atoms with Crippen LogP contribution in [0.1, 0.15) is 0 Å². The molecule has 1 amide bonds. The lowest BCUT2D eigenvalue weighted by Crippen LogP contribution is -2.22. The van der Waals surface area contributed by atoms with E-state index in [2.05, 4.69) is 26.6 Å². The molecule has 0 aliphatic rings. The van der Waals surface area contributed by atoms with Gasteiger partial charge in [0.25, 0.3) is 0 Å². The van der Waals surface area contributed by atoms with Crippen molar-refractivity contribution < 1.29 is 13.6 Å². The molecule has 0 saturated heterocycles. The van der Waals surface area contributed by atoms with Gasteiger partial charge in [-0.2, -0.15) is 0 Å². The van der Waals surface area contributed by atoms with Crippen molar-refractivity contribution in [3.05, 3.63) is 58.6 Å². The maximum absolute atomic E-state index is 13.5. The summed E-state index contributed by atoms with van der Waals surface area (Å²) in [7, 11) is 0. The second-order valence-electron chi connectivity index (χ2n) is 4.01. The number of anilines is 2. The highest BCUT2D eigenvalue weighted by atomic mass is 79.9. The van der Waals surface area contributed by atoms with E-state index in [0.717, 1.165) is 5.69 Å². The first-order chi connectivity index (χ1) is 9.56. The van der Waals surface area contributed by atoms with Gasteiger partial charge < -0.3 is 10.6 Å². The normalized spacial score (nSPS) is 10.2. The zero-order chi connectivity index (χ0) is 14.5. The Hall–Kier alpha value is -1.95. The summed E-state index contributed by atoms with van der Waals surface area (Å²) >= 11 is 2.94. The maximum Gasteiger partial charge on any atom is 0.243 e. The number of halogens is 3. The van der Waals surface area contributed by atoms with Crippen molar-refractivity contribution in [1.82, 2.24) is 0 Å². The molecule has 2 rings (SSSR count). The molecule has 0 aliphatic carbocycles. The van der Waals surface area contributed by atoms with Gasteiger partial charge >= 0.3 is 0 Å². The molecule has 104 valence electrons. The van der Waals surface area contributed by atoms with Gasteiger partial charge in [-0.25, -0.2) is 8.78 Å². The Balaban J connectivity index is 1.97. The minimum Gasteiger partial charge on any atom is -0.376 e. The van der Waals surface area contributed by atoms with Gasteiger partial charge in [-0.15, -0.1) is 0 Å². The SMILES string of the molecule is O=C(CNc1ccccc1)Nc1cc(Br)c(F)cc1F. The Morgan fingerprint density at radius 3 is 2.50 bits per heavy atom. The van der Waals surface area contributed by atoms with Gasteiger partial charge in [0.05, 0.1) is 16.7 Å². The number of hydrogen-bond donors (Lipinski definition) is 2. The van der Waals surface area contributed by atoms with Gasteiger partial charge in [0.1, 0.15) is 11.6 Å². The van der Waals surface area contributed by atoms with Crippen LogP contribution in [0.4, 0.5) is 20.2 Å². The van der Waals surface area contributed by atoms with Crippen LogP contribution in [0.2, 0.25) is 0 Å². The number of hydrogen-bond acceptors (Lipinski definition) is 2. The number of carbonyl (C=O) groups excluding carboxylic acids is 1. The highest BCUT2D eigenvalue weighted by Crippen LogP contribution is 2.23. The van der Waals surface area contributed by atoms with Crippen LogP contribution < -0.4 is 10.6 Å². The van der Waals surface area contributed by atoms with Crippen molar-refractivity contribution in [1.29, 1.82) is 0 Å². The molecular weight excluding hydrogens is 330 g/mol. The van der Waals surface area contributed by atoms with Crippen LogP contribution in [-0.4, -0.2) is 12.5 Å². The summed E-state index contributed by atoms with van der Waals surface area (Å²) in [4.78, 5) is 11.7. The molecule has 0 bridgehead atoms. The molecule has 0 spiro atoms. The number of rotatable bonds is 4. The maximum atomic E-state index is 13.5. The number of carbonyl (C=O) groups is 1. The van der Waals surface area contributed by atoms with E-state index in [1.54, 1.807) is 0 Å². The molecule has 0 saturated carbocycles. The van der Waals surface area contributed by atoms with E-state index in [4.69, 9.17) is 0 Å². The van der Waals surface area contributed by atoms with Gasteiger partial charge in [0.15, 0.2) is 0 Å². The van der Waals surface area contributed by atoms with Crippen molar-refractivity contribution in [2.45, 2.75) is 0 Å². The van der Waals surface area contributed by atoms with Crippen molar-refractivity contribution in [2.24, 2.45) is 0 Å². The van der Waals surface area contributed by atoms with Gasteiger partial charge in [-0.1, -0.05) is 18.2 Å². The molecule has 0 heterocycles. The standard InChI is InChI=1S/C14H11BrF2N2O/c15-10-6-13(12(17)7-11(10)16)19-14(20)8-18-9-4-2-1-3-5-9/h1-7,18H,8H2,(H,19,20). The first-order valence-electron chi connectivity index (χ1n) is 5.79. The molecule has 3 nitrogen and oxygen atoms in total. The van der Waals surface area contributed by atoms with E-state index in [0.29, 0.717) is 6.07 Å². The van der Waals surface area contributed by atoms with Crippen molar-refractivity contribution in [3.8, 4) is 0 Å². The smallest absolute Gasteiger partial charge is 0.243 e. The number of amides is 1. The second-order valence-corrected chi connectivity index (χ2v) is 4.87. The summed E-state index contributed by atoms with van der Waals surface area (Å²) in [6.45, 7) is -0.0154. The fourth-order valence-electron chi connectivity index (χ4n) is 1.55. The van der Waals surface area contributed by atoms with Gasteiger partial charge in [-0.3, -0.25) is 4.79 Å². The first-order valence-corrected chi connectivity index (χ1v) is 6.59. The Morgan fingerprint density at radius 1 is 1.10 bits per heavy atom.